The van der Waals surface area contributed by atoms with E-state index in [0.717, 1.165) is 49.8 Å². The Hall–Kier alpha value is -1.56. The van der Waals surface area contributed by atoms with Gasteiger partial charge in [-0.2, -0.15) is 5.10 Å². The fraction of sp³-hybridized carbons (Fsp3) is 0.692. The quantitative estimate of drug-likeness (QED) is 0.547. The maximum atomic E-state index is 5.59. The minimum atomic E-state index is 0.319. The standard InChI is InChI=1S/C13H23N5O/c1-3-14-13(16-9-12-5-4-6-19-12)15-7-11-8-17-18-10(11)2/h8,12H,3-7,9H2,1-2H3,(H,17,18)(H2,14,15,16). The van der Waals surface area contributed by atoms with Crippen molar-refractivity contribution in [3.63, 3.8) is 0 Å². The molecule has 1 aromatic heterocycles. The molecule has 1 fully saturated rings. The Labute approximate surface area is 114 Å². The fourth-order valence-corrected chi connectivity index (χ4v) is 2.06. The van der Waals surface area contributed by atoms with Gasteiger partial charge in [-0.05, 0) is 26.7 Å². The van der Waals surface area contributed by atoms with Crippen LogP contribution in [-0.4, -0.2) is 42.0 Å². The summed E-state index contributed by atoms with van der Waals surface area (Å²) in [5.74, 6) is 0.832. The van der Waals surface area contributed by atoms with Gasteiger partial charge in [-0.3, -0.25) is 5.10 Å². The highest BCUT2D eigenvalue weighted by Crippen LogP contribution is 2.10. The van der Waals surface area contributed by atoms with E-state index in [4.69, 9.17) is 4.74 Å². The molecular formula is C13H23N5O. The molecule has 106 valence electrons. The van der Waals surface area contributed by atoms with Crippen LogP contribution in [0.5, 0.6) is 0 Å². The van der Waals surface area contributed by atoms with Crippen LogP contribution in [-0.2, 0) is 11.3 Å². The van der Waals surface area contributed by atoms with E-state index in [0.29, 0.717) is 12.6 Å². The average Bonchev–Trinajstić information content (AvgIpc) is 3.04. The van der Waals surface area contributed by atoms with Gasteiger partial charge >= 0.3 is 0 Å². The highest BCUT2D eigenvalue weighted by Gasteiger charge is 2.15. The van der Waals surface area contributed by atoms with Crippen LogP contribution in [0.15, 0.2) is 11.2 Å². The molecule has 1 atom stereocenters. The Morgan fingerprint density at radius 1 is 1.58 bits per heavy atom. The number of aromatic amines is 1. The molecule has 6 nitrogen and oxygen atoms in total. The first kappa shape index (κ1) is 13.9. The summed E-state index contributed by atoms with van der Waals surface area (Å²) in [7, 11) is 0. The molecule has 1 aliphatic rings. The largest absolute Gasteiger partial charge is 0.376 e. The van der Waals surface area contributed by atoms with Crippen LogP contribution in [0.25, 0.3) is 0 Å². The number of H-pyrrole nitrogens is 1. The summed E-state index contributed by atoms with van der Waals surface area (Å²) in [5.41, 5.74) is 2.19. The van der Waals surface area contributed by atoms with Crippen molar-refractivity contribution < 1.29 is 4.74 Å². The number of rotatable bonds is 5. The van der Waals surface area contributed by atoms with Crippen molar-refractivity contribution in [1.82, 2.24) is 20.8 Å². The zero-order valence-corrected chi connectivity index (χ0v) is 11.7. The van der Waals surface area contributed by atoms with E-state index in [-0.39, 0.29) is 0 Å². The SMILES string of the molecule is CCNC(=NCc1cn[nH]c1C)NCC1CCCO1. The summed E-state index contributed by atoms with van der Waals surface area (Å²) in [6, 6.07) is 0. The summed E-state index contributed by atoms with van der Waals surface area (Å²) < 4.78 is 5.59. The van der Waals surface area contributed by atoms with E-state index in [1.165, 1.54) is 0 Å². The van der Waals surface area contributed by atoms with Gasteiger partial charge in [0.25, 0.3) is 0 Å². The predicted octanol–water partition coefficient (Wildman–Crippen LogP) is 0.952. The molecule has 0 aromatic carbocycles. The van der Waals surface area contributed by atoms with Crippen LogP contribution in [0.3, 0.4) is 0 Å². The third-order valence-corrected chi connectivity index (χ3v) is 3.21. The number of nitrogens with one attached hydrogen (secondary N) is 3. The van der Waals surface area contributed by atoms with Crippen molar-refractivity contribution in [2.24, 2.45) is 4.99 Å². The lowest BCUT2D eigenvalue weighted by atomic mass is 10.2. The first-order chi connectivity index (χ1) is 9.29. The van der Waals surface area contributed by atoms with Crippen molar-refractivity contribution >= 4 is 5.96 Å². The molecule has 0 spiro atoms. The minimum absolute atomic E-state index is 0.319. The molecule has 2 rings (SSSR count). The van der Waals surface area contributed by atoms with Gasteiger partial charge in [-0.1, -0.05) is 0 Å². The van der Waals surface area contributed by atoms with Crippen LogP contribution in [0.1, 0.15) is 31.0 Å². The fourth-order valence-electron chi connectivity index (χ4n) is 2.06. The Balaban J connectivity index is 1.85. The van der Waals surface area contributed by atoms with Crippen molar-refractivity contribution in [2.45, 2.75) is 39.3 Å². The number of ether oxygens (including phenoxy) is 1. The second-order valence-electron chi connectivity index (χ2n) is 4.73. The second-order valence-corrected chi connectivity index (χ2v) is 4.73. The van der Waals surface area contributed by atoms with E-state index in [2.05, 4.69) is 32.7 Å². The normalized spacial score (nSPS) is 19.7. The number of hydrogen-bond donors (Lipinski definition) is 3. The van der Waals surface area contributed by atoms with Crippen molar-refractivity contribution in [2.75, 3.05) is 19.7 Å². The van der Waals surface area contributed by atoms with Gasteiger partial charge in [0.2, 0.25) is 0 Å². The minimum Gasteiger partial charge on any atom is -0.376 e. The Bertz CT molecular complexity index is 409. The first-order valence-electron chi connectivity index (χ1n) is 6.92. The summed E-state index contributed by atoms with van der Waals surface area (Å²) in [6.07, 6.45) is 4.43. The van der Waals surface area contributed by atoms with Gasteiger partial charge in [0.15, 0.2) is 5.96 Å². The summed E-state index contributed by atoms with van der Waals surface area (Å²) in [5, 5.41) is 13.5. The summed E-state index contributed by atoms with van der Waals surface area (Å²) >= 11 is 0. The van der Waals surface area contributed by atoms with E-state index < -0.39 is 0 Å². The summed E-state index contributed by atoms with van der Waals surface area (Å²) in [6.45, 7) is 7.24. The number of guanidine groups is 1. The highest BCUT2D eigenvalue weighted by molar-refractivity contribution is 5.79. The molecule has 1 aromatic rings. The summed E-state index contributed by atoms with van der Waals surface area (Å²) in [4.78, 5) is 4.56. The van der Waals surface area contributed by atoms with Crippen LogP contribution >= 0.6 is 0 Å². The zero-order valence-electron chi connectivity index (χ0n) is 11.7. The van der Waals surface area contributed by atoms with Crippen LogP contribution in [0.4, 0.5) is 0 Å². The third kappa shape index (κ3) is 4.24. The average molecular weight is 265 g/mol. The monoisotopic (exact) mass is 265 g/mol. The second kappa shape index (κ2) is 7.13. The van der Waals surface area contributed by atoms with Crippen molar-refractivity contribution in [3.8, 4) is 0 Å². The Kier molecular flexibility index (Phi) is 5.20. The number of aryl methyl sites for hydroxylation is 1. The zero-order chi connectivity index (χ0) is 13.5. The topological polar surface area (TPSA) is 74.3 Å². The van der Waals surface area contributed by atoms with Crippen LogP contribution in [0.2, 0.25) is 0 Å². The molecule has 1 saturated heterocycles. The van der Waals surface area contributed by atoms with Crippen LogP contribution < -0.4 is 10.6 Å². The van der Waals surface area contributed by atoms with E-state index in [1.807, 2.05) is 13.1 Å². The number of aromatic nitrogens is 2. The maximum absolute atomic E-state index is 5.59. The molecule has 0 amide bonds. The van der Waals surface area contributed by atoms with E-state index >= 15 is 0 Å². The molecule has 2 heterocycles. The number of nitrogens with zero attached hydrogens (tertiary/aromatic N) is 2. The maximum Gasteiger partial charge on any atom is 0.191 e. The molecular weight excluding hydrogens is 242 g/mol. The molecule has 6 heteroatoms. The number of aliphatic imine (C=N–C) groups is 1. The van der Waals surface area contributed by atoms with Gasteiger partial charge in [0, 0.05) is 31.0 Å². The van der Waals surface area contributed by atoms with Gasteiger partial charge < -0.3 is 15.4 Å². The number of hydrogen-bond acceptors (Lipinski definition) is 3. The molecule has 1 unspecified atom stereocenters. The molecule has 0 radical (unpaired) electrons. The van der Waals surface area contributed by atoms with Gasteiger partial charge in [-0.25, -0.2) is 4.99 Å². The predicted molar refractivity (Wildman–Crippen MR) is 75.1 cm³/mol. The molecule has 1 aliphatic heterocycles. The van der Waals surface area contributed by atoms with Crippen LogP contribution in [0, 0.1) is 6.92 Å². The molecule has 0 saturated carbocycles. The first-order valence-corrected chi connectivity index (χ1v) is 6.92. The Morgan fingerprint density at radius 3 is 3.11 bits per heavy atom. The molecule has 0 bridgehead atoms. The van der Waals surface area contributed by atoms with Crippen molar-refractivity contribution in [1.29, 1.82) is 0 Å². The molecule has 19 heavy (non-hydrogen) atoms. The Morgan fingerprint density at radius 2 is 2.47 bits per heavy atom. The lowest BCUT2D eigenvalue weighted by molar-refractivity contribution is 0.114. The lowest BCUT2D eigenvalue weighted by Crippen LogP contribution is -2.41. The van der Waals surface area contributed by atoms with Gasteiger partial charge in [0.05, 0.1) is 18.8 Å². The van der Waals surface area contributed by atoms with E-state index in [1.54, 1.807) is 0 Å². The van der Waals surface area contributed by atoms with Crippen molar-refractivity contribution in [3.05, 3.63) is 17.5 Å². The highest BCUT2D eigenvalue weighted by atomic mass is 16.5. The van der Waals surface area contributed by atoms with Gasteiger partial charge in [0.1, 0.15) is 0 Å². The smallest absolute Gasteiger partial charge is 0.191 e. The lowest BCUT2D eigenvalue weighted by Gasteiger charge is -2.14. The molecule has 3 N–H and O–H groups in total. The third-order valence-electron chi connectivity index (χ3n) is 3.21. The molecule has 0 aliphatic carbocycles. The van der Waals surface area contributed by atoms with E-state index in [9.17, 15) is 0 Å². The van der Waals surface area contributed by atoms with Gasteiger partial charge in [-0.15, -0.1) is 0 Å².